The van der Waals surface area contributed by atoms with Gasteiger partial charge < -0.3 is 0 Å². The summed E-state index contributed by atoms with van der Waals surface area (Å²) in [6, 6.07) is 78.8. The molecule has 1 heterocycles. The molecule has 0 aliphatic heterocycles. The third-order valence-electron chi connectivity index (χ3n) is 11.4. The fourth-order valence-electron chi connectivity index (χ4n) is 8.77. The molecule has 0 fully saturated rings. The normalized spacial score (nSPS) is 11.5. The first-order valence-corrected chi connectivity index (χ1v) is 19.5. The molecular weight excluding hydrogens is 689 g/mol. The van der Waals surface area contributed by atoms with E-state index in [-0.39, 0.29) is 0 Å². The van der Waals surface area contributed by atoms with Crippen LogP contribution in [0.2, 0.25) is 0 Å². The lowest BCUT2D eigenvalue weighted by atomic mass is 9.85. The highest BCUT2D eigenvalue weighted by atomic mass is 15.1. The Kier molecular flexibility index (Phi) is 7.86. The van der Waals surface area contributed by atoms with Gasteiger partial charge in [-0.3, -0.25) is 4.57 Å². The minimum atomic E-state index is 0.909. The second-order valence-corrected chi connectivity index (χ2v) is 14.7. The number of fused-ring (bicyclic) bond motifs is 4. The first kappa shape index (κ1) is 32.8. The van der Waals surface area contributed by atoms with Crippen molar-refractivity contribution >= 4 is 43.4 Å². The van der Waals surface area contributed by atoms with E-state index in [0.29, 0.717) is 0 Å². The molecule has 0 bridgehead atoms. The highest BCUT2D eigenvalue weighted by molar-refractivity contribution is 6.22. The molecule has 2 nitrogen and oxygen atoms in total. The molecule has 1 aromatic heterocycles. The Bertz CT molecular complexity index is 3210. The highest BCUT2D eigenvalue weighted by Crippen LogP contribution is 2.45. The van der Waals surface area contributed by atoms with Gasteiger partial charge in [0.1, 0.15) is 5.82 Å². The second kappa shape index (κ2) is 13.6. The molecule has 0 amide bonds. The van der Waals surface area contributed by atoms with E-state index in [9.17, 15) is 0 Å². The monoisotopic (exact) mass is 724 g/mol. The molecule has 10 aromatic carbocycles. The molecule has 0 N–H and O–H groups in total. The zero-order valence-electron chi connectivity index (χ0n) is 31.2. The standard InChI is InChI=1S/C55H36N2/c1-4-17-38(18-5-1)45-32-30-43(35-50(45)39-19-6-2-7-20-39)55-56-51-36-42(31-33-52(51)57(55)44-22-8-3-9-23-44)54-48-26-14-12-24-46(48)53(47-25-13-15-27-49(47)54)41-29-28-37-16-10-11-21-40(37)34-41/h1-36H. The van der Waals surface area contributed by atoms with Gasteiger partial charge in [-0.15, -0.1) is 0 Å². The van der Waals surface area contributed by atoms with Crippen molar-refractivity contribution in [1.29, 1.82) is 0 Å². The van der Waals surface area contributed by atoms with Crippen molar-refractivity contribution in [2.24, 2.45) is 0 Å². The first-order valence-electron chi connectivity index (χ1n) is 19.5. The fourth-order valence-corrected chi connectivity index (χ4v) is 8.77. The maximum Gasteiger partial charge on any atom is 0.145 e. The summed E-state index contributed by atoms with van der Waals surface area (Å²) < 4.78 is 2.31. The summed E-state index contributed by atoms with van der Waals surface area (Å²) in [6.07, 6.45) is 0. The Morgan fingerprint density at radius 2 is 0.807 bits per heavy atom. The van der Waals surface area contributed by atoms with Crippen LogP contribution in [0.1, 0.15) is 0 Å². The molecule has 0 aliphatic carbocycles. The fraction of sp³-hybridized carbons (Fsp3) is 0. The summed E-state index contributed by atoms with van der Waals surface area (Å²) in [6.45, 7) is 0. The Hall–Kier alpha value is -7.55. The van der Waals surface area contributed by atoms with Crippen LogP contribution in [0.5, 0.6) is 0 Å². The lowest BCUT2D eigenvalue weighted by molar-refractivity contribution is 1.10. The van der Waals surface area contributed by atoms with E-state index >= 15 is 0 Å². The van der Waals surface area contributed by atoms with Gasteiger partial charge in [0.25, 0.3) is 0 Å². The average Bonchev–Trinajstić information content (AvgIpc) is 3.67. The summed E-state index contributed by atoms with van der Waals surface area (Å²) in [5, 5.41) is 7.43. The van der Waals surface area contributed by atoms with E-state index in [4.69, 9.17) is 4.98 Å². The van der Waals surface area contributed by atoms with Crippen molar-refractivity contribution in [3.8, 4) is 61.6 Å². The Balaban J connectivity index is 1.14. The quantitative estimate of drug-likeness (QED) is 0.156. The molecule has 2 heteroatoms. The molecule has 266 valence electrons. The molecule has 0 spiro atoms. The molecular formula is C55H36N2. The summed E-state index contributed by atoms with van der Waals surface area (Å²) in [5.41, 5.74) is 13.7. The number of rotatable bonds is 6. The van der Waals surface area contributed by atoms with Gasteiger partial charge in [0.05, 0.1) is 11.0 Å². The van der Waals surface area contributed by atoms with E-state index < -0.39 is 0 Å². The van der Waals surface area contributed by atoms with Gasteiger partial charge in [0.15, 0.2) is 0 Å². The van der Waals surface area contributed by atoms with Crippen molar-refractivity contribution in [3.63, 3.8) is 0 Å². The molecule has 0 saturated heterocycles. The number of nitrogens with zero attached hydrogens (tertiary/aromatic N) is 2. The predicted molar refractivity (Wildman–Crippen MR) is 241 cm³/mol. The van der Waals surface area contributed by atoms with Crippen molar-refractivity contribution in [2.45, 2.75) is 0 Å². The number of aromatic nitrogens is 2. The lowest BCUT2D eigenvalue weighted by Crippen LogP contribution is -1.98. The number of benzene rings is 10. The second-order valence-electron chi connectivity index (χ2n) is 14.7. The van der Waals surface area contributed by atoms with Crippen molar-refractivity contribution < 1.29 is 0 Å². The maximum atomic E-state index is 5.50. The van der Waals surface area contributed by atoms with Crippen LogP contribution in [0, 0.1) is 0 Å². The molecule has 0 atom stereocenters. The van der Waals surface area contributed by atoms with Crippen LogP contribution in [-0.2, 0) is 0 Å². The summed E-state index contributed by atoms with van der Waals surface area (Å²) in [7, 11) is 0. The van der Waals surface area contributed by atoms with Crippen LogP contribution in [0.3, 0.4) is 0 Å². The third-order valence-corrected chi connectivity index (χ3v) is 11.4. The van der Waals surface area contributed by atoms with E-state index in [1.54, 1.807) is 0 Å². The van der Waals surface area contributed by atoms with Crippen LogP contribution < -0.4 is 0 Å². The molecule has 0 aliphatic rings. The van der Waals surface area contributed by atoms with Crippen LogP contribution in [0.25, 0.3) is 105 Å². The van der Waals surface area contributed by atoms with Gasteiger partial charge >= 0.3 is 0 Å². The van der Waals surface area contributed by atoms with Gasteiger partial charge in [0.2, 0.25) is 0 Å². The van der Waals surface area contributed by atoms with Gasteiger partial charge in [-0.05, 0) is 113 Å². The van der Waals surface area contributed by atoms with Gasteiger partial charge in [-0.1, -0.05) is 182 Å². The lowest BCUT2D eigenvalue weighted by Gasteiger charge is -2.18. The zero-order valence-corrected chi connectivity index (χ0v) is 31.2. The Morgan fingerprint density at radius 3 is 1.44 bits per heavy atom. The Labute approximate surface area is 331 Å². The SMILES string of the molecule is c1ccc(-c2ccc(-c3nc4cc(-c5c6ccccc6c(-c6ccc7ccccc7c6)c6ccccc56)ccc4n3-c3ccccc3)cc2-c2ccccc2)cc1. The molecule has 0 radical (unpaired) electrons. The van der Waals surface area contributed by atoms with Gasteiger partial charge in [-0.2, -0.15) is 0 Å². The van der Waals surface area contributed by atoms with Gasteiger partial charge in [0, 0.05) is 11.3 Å². The van der Waals surface area contributed by atoms with Crippen molar-refractivity contribution in [2.75, 3.05) is 0 Å². The smallest absolute Gasteiger partial charge is 0.145 e. The number of para-hydroxylation sites is 1. The predicted octanol–water partition coefficient (Wildman–Crippen LogP) is 14.8. The zero-order chi connectivity index (χ0) is 37.7. The summed E-state index contributed by atoms with van der Waals surface area (Å²) in [5.74, 6) is 0.909. The molecule has 0 saturated carbocycles. The van der Waals surface area contributed by atoms with Crippen LogP contribution in [0.15, 0.2) is 218 Å². The first-order chi connectivity index (χ1) is 28.3. The van der Waals surface area contributed by atoms with E-state index in [1.807, 2.05) is 0 Å². The summed E-state index contributed by atoms with van der Waals surface area (Å²) >= 11 is 0. The van der Waals surface area contributed by atoms with Crippen LogP contribution >= 0.6 is 0 Å². The summed E-state index contributed by atoms with van der Waals surface area (Å²) in [4.78, 5) is 5.50. The maximum absolute atomic E-state index is 5.50. The number of hydrogen-bond donors (Lipinski definition) is 0. The number of imidazole rings is 1. The van der Waals surface area contributed by atoms with E-state index in [1.165, 1.54) is 71.3 Å². The third kappa shape index (κ3) is 5.61. The molecule has 57 heavy (non-hydrogen) atoms. The van der Waals surface area contributed by atoms with Gasteiger partial charge in [-0.25, -0.2) is 4.98 Å². The van der Waals surface area contributed by atoms with E-state index in [2.05, 4.69) is 223 Å². The minimum Gasteiger partial charge on any atom is -0.292 e. The molecule has 0 unspecified atom stereocenters. The highest BCUT2D eigenvalue weighted by Gasteiger charge is 2.21. The largest absolute Gasteiger partial charge is 0.292 e. The topological polar surface area (TPSA) is 17.8 Å². The van der Waals surface area contributed by atoms with Crippen LogP contribution in [0.4, 0.5) is 0 Å². The van der Waals surface area contributed by atoms with Crippen LogP contribution in [-0.4, -0.2) is 9.55 Å². The number of hydrogen-bond acceptors (Lipinski definition) is 1. The van der Waals surface area contributed by atoms with Crippen molar-refractivity contribution in [3.05, 3.63) is 218 Å². The molecule has 11 aromatic rings. The minimum absolute atomic E-state index is 0.909. The average molecular weight is 725 g/mol. The molecule has 11 rings (SSSR count). The Morgan fingerprint density at radius 1 is 0.316 bits per heavy atom. The van der Waals surface area contributed by atoms with Crippen molar-refractivity contribution in [1.82, 2.24) is 9.55 Å². The van der Waals surface area contributed by atoms with E-state index in [0.717, 1.165) is 33.7 Å².